The molecular formula is C18H23FN2. The fourth-order valence-corrected chi connectivity index (χ4v) is 2.62. The second-order valence-electron chi connectivity index (χ2n) is 5.29. The number of nitrogens with one attached hydrogen (secondary N) is 1. The predicted octanol–water partition coefficient (Wildman–Crippen LogP) is 4.18. The Balaban J connectivity index is 2.47. The largest absolute Gasteiger partial charge is 0.305 e. The van der Waals surface area contributed by atoms with Crippen LogP contribution in [0.4, 0.5) is 4.39 Å². The minimum atomic E-state index is -0.192. The normalized spacial score (nSPS) is 12.4. The van der Waals surface area contributed by atoms with Crippen LogP contribution in [0, 0.1) is 12.7 Å². The van der Waals surface area contributed by atoms with E-state index in [1.165, 1.54) is 11.6 Å². The first-order chi connectivity index (χ1) is 10.2. The molecule has 1 unspecified atom stereocenters. The third-order valence-corrected chi connectivity index (χ3v) is 3.72. The van der Waals surface area contributed by atoms with Crippen LogP contribution < -0.4 is 5.32 Å². The lowest BCUT2D eigenvalue weighted by atomic mass is 9.94. The van der Waals surface area contributed by atoms with Crippen LogP contribution in [0.2, 0.25) is 0 Å². The summed E-state index contributed by atoms with van der Waals surface area (Å²) in [6.07, 6.45) is 3.81. The summed E-state index contributed by atoms with van der Waals surface area (Å²) in [4.78, 5) is 4.59. The average molecular weight is 286 g/mol. The second kappa shape index (κ2) is 7.32. The van der Waals surface area contributed by atoms with Gasteiger partial charge in [-0.05, 0) is 61.2 Å². The maximum atomic E-state index is 13.4. The Morgan fingerprint density at radius 3 is 2.71 bits per heavy atom. The lowest BCUT2D eigenvalue weighted by Gasteiger charge is -2.22. The van der Waals surface area contributed by atoms with E-state index in [9.17, 15) is 4.39 Å². The lowest BCUT2D eigenvalue weighted by molar-refractivity contribution is 0.575. The van der Waals surface area contributed by atoms with Crippen LogP contribution in [-0.4, -0.2) is 11.5 Å². The van der Waals surface area contributed by atoms with Gasteiger partial charge in [0.25, 0.3) is 0 Å². The van der Waals surface area contributed by atoms with Gasteiger partial charge in [-0.3, -0.25) is 4.98 Å². The number of rotatable bonds is 6. The Bertz CT molecular complexity index is 596. The average Bonchev–Trinajstić information content (AvgIpc) is 2.49. The van der Waals surface area contributed by atoms with Crippen molar-refractivity contribution in [2.24, 2.45) is 0 Å². The number of hydrogen-bond acceptors (Lipinski definition) is 2. The van der Waals surface area contributed by atoms with Crippen molar-refractivity contribution in [1.29, 1.82) is 0 Å². The van der Waals surface area contributed by atoms with Gasteiger partial charge >= 0.3 is 0 Å². The van der Waals surface area contributed by atoms with Gasteiger partial charge < -0.3 is 5.32 Å². The third-order valence-electron chi connectivity index (χ3n) is 3.72. The lowest BCUT2D eigenvalue weighted by Crippen LogP contribution is -2.26. The molecule has 0 aliphatic carbocycles. The predicted molar refractivity (Wildman–Crippen MR) is 84.9 cm³/mol. The molecule has 0 spiro atoms. The zero-order valence-electron chi connectivity index (χ0n) is 13.0. The van der Waals surface area contributed by atoms with Crippen molar-refractivity contribution in [2.75, 3.05) is 6.54 Å². The van der Waals surface area contributed by atoms with Gasteiger partial charge in [-0.2, -0.15) is 0 Å². The smallest absolute Gasteiger partial charge is 0.123 e. The van der Waals surface area contributed by atoms with Gasteiger partial charge in [-0.1, -0.05) is 26.0 Å². The molecule has 0 aliphatic rings. The summed E-state index contributed by atoms with van der Waals surface area (Å²) in [5, 5.41) is 3.55. The fraction of sp³-hybridized carbons (Fsp3) is 0.389. The van der Waals surface area contributed by atoms with E-state index in [0.29, 0.717) is 0 Å². The minimum Gasteiger partial charge on any atom is -0.305 e. The second-order valence-corrected chi connectivity index (χ2v) is 5.29. The standard InChI is InChI=1S/C18H23FN2/c1-4-10-20-18(16-9-8-15(19)12-13(16)3)17-14(5-2)7-6-11-21-17/h6-9,11-12,18,20H,4-5,10H2,1-3H3. The molecule has 0 aliphatic heterocycles. The van der Waals surface area contributed by atoms with E-state index in [2.05, 4.69) is 30.2 Å². The molecule has 2 aromatic rings. The molecule has 1 N–H and O–H groups in total. The maximum Gasteiger partial charge on any atom is 0.123 e. The van der Waals surface area contributed by atoms with Crippen LogP contribution in [0.3, 0.4) is 0 Å². The molecule has 0 bridgehead atoms. The van der Waals surface area contributed by atoms with Crippen LogP contribution in [0.25, 0.3) is 0 Å². The highest BCUT2D eigenvalue weighted by Gasteiger charge is 2.19. The molecule has 1 heterocycles. The molecule has 1 atom stereocenters. The first-order valence-electron chi connectivity index (χ1n) is 7.60. The third kappa shape index (κ3) is 3.67. The van der Waals surface area contributed by atoms with Crippen LogP contribution in [0.15, 0.2) is 36.5 Å². The van der Waals surface area contributed by atoms with Crippen LogP contribution >= 0.6 is 0 Å². The van der Waals surface area contributed by atoms with Crippen molar-refractivity contribution in [1.82, 2.24) is 10.3 Å². The molecule has 2 nitrogen and oxygen atoms in total. The van der Waals surface area contributed by atoms with E-state index in [4.69, 9.17) is 0 Å². The molecule has 3 heteroatoms. The van der Waals surface area contributed by atoms with Crippen molar-refractivity contribution in [3.63, 3.8) is 0 Å². The molecule has 0 saturated carbocycles. The first kappa shape index (κ1) is 15.6. The molecule has 2 rings (SSSR count). The summed E-state index contributed by atoms with van der Waals surface area (Å²) in [6.45, 7) is 7.13. The quantitative estimate of drug-likeness (QED) is 0.861. The Kier molecular flexibility index (Phi) is 5.45. The van der Waals surface area contributed by atoms with E-state index >= 15 is 0 Å². The highest BCUT2D eigenvalue weighted by atomic mass is 19.1. The number of hydrogen-bond donors (Lipinski definition) is 1. The van der Waals surface area contributed by atoms with Crippen LogP contribution in [0.1, 0.15) is 48.7 Å². The summed E-state index contributed by atoms with van der Waals surface area (Å²) >= 11 is 0. The van der Waals surface area contributed by atoms with E-state index in [-0.39, 0.29) is 11.9 Å². The number of pyridine rings is 1. The zero-order valence-corrected chi connectivity index (χ0v) is 13.0. The Morgan fingerprint density at radius 2 is 2.05 bits per heavy atom. The van der Waals surface area contributed by atoms with Crippen molar-refractivity contribution in [2.45, 2.75) is 39.7 Å². The Morgan fingerprint density at radius 1 is 1.24 bits per heavy atom. The number of nitrogens with zero attached hydrogens (tertiary/aromatic N) is 1. The SMILES string of the molecule is CCCNC(c1ccc(F)cc1C)c1ncccc1CC. The summed E-state index contributed by atoms with van der Waals surface area (Å²) in [5.41, 5.74) is 4.33. The Labute approximate surface area is 126 Å². The molecule has 112 valence electrons. The number of aromatic nitrogens is 1. The molecule has 1 aromatic carbocycles. The van der Waals surface area contributed by atoms with Crippen LogP contribution in [0.5, 0.6) is 0 Å². The molecule has 0 amide bonds. The van der Waals surface area contributed by atoms with Crippen molar-refractivity contribution in [3.05, 3.63) is 64.7 Å². The molecule has 21 heavy (non-hydrogen) atoms. The molecule has 0 fully saturated rings. The molecule has 1 aromatic heterocycles. The van der Waals surface area contributed by atoms with Gasteiger partial charge in [0.15, 0.2) is 0 Å². The van der Waals surface area contributed by atoms with E-state index < -0.39 is 0 Å². The Hall–Kier alpha value is -1.74. The van der Waals surface area contributed by atoms with Crippen molar-refractivity contribution < 1.29 is 4.39 Å². The molecule has 0 radical (unpaired) electrons. The van der Waals surface area contributed by atoms with Crippen molar-refractivity contribution in [3.8, 4) is 0 Å². The van der Waals surface area contributed by atoms with Gasteiger partial charge in [0.1, 0.15) is 5.82 Å². The van der Waals surface area contributed by atoms with Gasteiger partial charge in [-0.15, -0.1) is 0 Å². The van der Waals surface area contributed by atoms with Gasteiger partial charge in [-0.25, -0.2) is 4.39 Å². The number of halogens is 1. The van der Waals surface area contributed by atoms with E-state index in [0.717, 1.165) is 36.2 Å². The number of benzene rings is 1. The summed E-state index contributed by atoms with van der Waals surface area (Å²) < 4.78 is 13.4. The fourth-order valence-electron chi connectivity index (χ4n) is 2.62. The summed E-state index contributed by atoms with van der Waals surface area (Å²) in [5.74, 6) is -0.192. The maximum absolute atomic E-state index is 13.4. The summed E-state index contributed by atoms with van der Waals surface area (Å²) in [7, 11) is 0. The molecular weight excluding hydrogens is 263 g/mol. The minimum absolute atomic E-state index is 0.0155. The zero-order chi connectivity index (χ0) is 15.2. The summed E-state index contributed by atoms with van der Waals surface area (Å²) in [6, 6.07) is 9.08. The first-order valence-corrected chi connectivity index (χ1v) is 7.60. The van der Waals surface area contributed by atoms with E-state index in [1.54, 1.807) is 6.07 Å². The van der Waals surface area contributed by atoms with E-state index in [1.807, 2.05) is 25.3 Å². The van der Waals surface area contributed by atoms with Gasteiger partial charge in [0.05, 0.1) is 11.7 Å². The topological polar surface area (TPSA) is 24.9 Å². The van der Waals surface area contributed by atoms with Gasteiger partial charge in [0, 0.05) is 6.20 Å². The molecule has 0 saturated heterocycles. The number of aryl methyl sites for hydroxylation is 2. The highest BCUT2D eigenvalue weighted by molar-refractivity contribution is 5.37. The highest BCUT2D eigenvalue weighted by Crippen LogP contribution is 2.26. The monoisotopic (exact) mass is 286 g/mol. The van der Waals surface area contributed by atoms with Crippen molar-refractivity contribution >= 4 is 0 Å². The van der Waals surface area contributed by atoms with Gasteiger partial charge in [0.2, 0.25) is 0 Å². The van der Waals surface area contributed by atoms with Crippen LogP contribution in [-0.2, 0) is 6.42 Å².